The van der Waals surface area contributed by atoms with Gasteiger partial charge in [0.15, 0.2) is 0 Å². The number of piperazine rings is 1. The molecule has 1 amide bonds. The summed E-state index contributed by atoms with van der Waals surface area (Å²) in [5.74, 6) is 0.228. The Hall–Kier alpha value is -1.78. The molecule has 0 N–H and O–H groups in total. The number of likely N-dealkylation sites (N-methyl/N-ethyl adjacent to an activating group) is 1. The molecule has 1 saturated heterocycles. The van der Waals surface area contributed by atoms with E-state index in [-0.39, 0.29) is 17.2 Å². The number of hydrogen-bond donors (Lipinski definition) is 0. The Bertz CT molecular complexity index is 662. The first-order valence-electron chi connectivity index (χ1n) is 8.41. The summed E-state index contributed by atoms with van der Waals surface area (Å²) in [4.78, 5) is 18.6. The fourth-order valence-corrected chi connectivity index (χ4v) is 4.09. The largest absolute Gasteiger partial charge is 0.332 e. The topological polar surface area (TPSA) is 23.6 Å². The maximum atomic E-state index is 13.1. The smallest absolute Gasteiger partial charge is 0.236 e. The van der Waals surface area contributed by atoms with E-state index >= 15 is 0 Å². The lowest BCUT2D eigenvalue weighted by molar-refractivity contribution is -0.135. The molecule has 2 atom stereocenters. The minimum Gasteiger partial charge on any atom is -0.332 e. The van der Waals surface area contributed by atoms with Crippen molar-refractivity contribution in [1.82, 2.24) is 9.80 Å². The van der Waals surface area contributed by atoms with Gasteiger partial charge in [-0.15, -0.1) is 11.8 Å². The van der Waals surface area contributed by atoms with Crippen LogP contribution in [0.5, 0.6) is 0 Å². The second kappa shape index (κ2) is 7.86. The number of amides is 1. The zero-order valence-corrected chi connectivity index (χ0v) is 15.1. The quantitative estimate of drug-likeness (QED) is 0.793. The minimum atomic E-state index is -0.0815. The lowest BCUT2D eigenvalue weighted by Gasteiger charge is -2.41. The Morgan fingerprint density at radius 1 is 1.04 bits per heavy atom. The summed E-state index contributed by atoms with van der Waals surface area (Å²) in [6.07, 6.45) is 0. The Morgan fingerprint density at radius 3 is 2.33 bits per heavy atom. The molecule has 1 heterocycles. The van der Waals surface area contributed by atoms with Gasteiger partial charge in [-0.05, 0) is 31.7 Å². The van der Waals surface area contributed by atoms with Crippen molar-refractivity contribution in [1.29, 1.82) is 0 Å². The second-order valence-electron chi connectivity index (χ2n) is 6.29. The van der Waals surface area contributed by atoms with Crippen LogP contribution in [-0.2, 0) is 4.79 Å². The molecule has 1 aliphatic heterocycles. The summed E-state index contributed by atoms with van der Waals surface area (Å²) in [7, 11) is 2.12. The molecule has 24 heavy (non-hydrogen) atoms. The highest BCUT2D eigenvalue weighted by Gasteiger charge is 2.32. The normalized spacial score (nSPS) is 19.9. The average molecular weight is 340 g/mol. The molecule has 2 aromatic carbocycles. The third kappa shape index (κ3) is 4.00. The molecule has 0 saturated carbocycles. The first-order chi connectivity index (χ1) is 11.6. The molecule has 1 aliphatic rings. The molecule has 0 bridgehead atoms. The molecule has 126 valence electrons. The van der Waals surface area contributed by atoms with Crippen LogP contribution in [0.1, 0.15) is 18.5 Å². The van der Waals surface area contributed by atoms with Crippen molar-refractivity contribution < 1.29 is 4.79 Å². The summed E-state index contributed by atoms with van der Waals surface area (Å²) in [5, 5.41) is -0.0815. The molecule has 2 aromatic rings. The average Bonchev–Trinajstić information content (AvgIpc) is 2.62. The molecule has 0 aromatic heterocycles. The zero-order chi connectivity index (χ0) is 16.9. The standard InChI is InChI=1S/C20H24N2OS/c1-16(24-18-11-7-4-8-12-18)20(23)22-14-13-21(2)15-19(22)17-9-5-3-6-10-17/h3-12,16,19H,13-15H2,1-2H3. The van der Waals surface area contributed by atoms with Gasteiger partial charge in [0.25, 0.3) is 0 Å². The lowest BCUT2D eigenvalue weighted by atomic mass is 10.0. The van der Waals surface area contributed by atoms with Crippen molar-refractivity contribution in [2.45, 2.75) is 23.1 Å². The van der Waals surface area contributed by atoms with E-state index in [9.17, 15) is 4.79 Å². The molecule has 0 aliphatic carbocycles. The Morgan fingerprint density at radius 2 is 1.67 bits per heavy atom. The fraction of sp³-hybridized carbons (Fsp3) is 0.350. The number of carbonyl (C=O) groups excluding carboxylic acids is 1. The monoisotopic (exact) mass is 340 g/mol. The molecule has 0 spiro atoms. The molecular formula is C20H24N2OS. The van der Waals surface area contributed by atoms with Crippen molar-refractivity contribution >= 4 is 17.7 Å². The minimum absolute atomic E-state index is 0.0815. The predicted octanol–water partition coefficient (Wildman–Crippen LogP) is 3.68. The van der Waals surface area contributed by atoms with Gasteiger partial charge in [-0.3, -0.25) is 4.79 Å². The third-order valence-corrected chi connectivity index (χ3v) is 5.55. The number of hydrogen-bond acceptors (Lipinski definition) is 3. The van der Waals surface area contributed by atoms with Crippen LogP contribution in [0.4, 0.5) is 0 Å². The SMILES string of the molecule is CC(Sc1ccccc1)C(=O)N1CCN(C)CC1c1ccccc1. The van der Waals surface area contributed by atoms with Crippen LogP contribution in [0.2, 0.25) is 0 Å². The lowest BCUT2D eigenvalue weighted by Crippen LogP contribution is -2.51. The maximum absolute atomic E-state index is 13.1. The first-order valence-corrected chi connectivity index (χ1v) is 9.29. The van der Waals surface area contributed by atoms with Crippen molar-refractivity contribution in [3.05, 3.63) is 66.2 Å². The van der Waals surface area contributed by atoms with E-state index in [1.807, 2.05) is 31.2 Å². The van der Waals surface area contributed by atoms with Crippen LogP contribution in [0, 0.1) is 0 Å². The highest BCUT2D eigenvalue weighted by molar-refractivity contribution is 8.00. The highest BCUT2D eigenvalue weighted by atomic mass is 32.2. The van der Waals surface area contributed by atoms with Crippen LogP contribution in [0.15, 0.2) is 65.6 Å². The van der Waals surface area contributed by atoms with E-state index in [0.29, 0.717) is 0 Å². The Labute approximate surface area is 148 Å². The number of nitrogens with zero attached hydrogens (tertiary/aromatic N) is 2. The molecule has 4 heteroatoms. The predicted molar refractivity (Wildman–Crippen MR) is 100 cm³/mol. The fourth-order valence-electron chi connectivity index (χ4n) is 3.13. The van der Waals surface area contributed by atoms with Crippen molar-refractivity contribution in [3.8, 4) is 0 Å². The molecule has 2 unspecified atom stereocenters. The Balaban J connectivity index is 1.76. The van der Waals surface area contributed by atoms with E-state index in [2.05, 4.69) is 53.2 Å². The molecule has 0 radical (unpaired) electrons. The van der Waals surface area contributed by atoms with Gasteiger partial charge in [-0.2, -0.15) is 0 Å². The second-order valence-corrected chi connectivity index (χ2v) is 7.71. The van der Waals surface area contributed by atoms with Gasteiger partial charge in [0.1, 0.15) is 0 Å². The summed E-state index contributed by atoms with van der Waals surface area (Å²) in [6, 6.07) is 20.7. The summed E-state index contributed by atoms with van der Waals surface area (Å²) < 4.78 is 0. The van der Waals surface area contributed by atoms with Crippen LogP contribution in [0.25, 0.3) is 0 Å². The van der Waals surface area contributed by atoms with Crippen molar-refractivity contribution in [2.24, 2.45) is 0 Å². The van der Waals surface area contributed by atoms with Gasteiger partial charge in [-0.25, -0.2) is 0 Å². The van der Waals surface area contributed by atoms with Crippen LogP contribution < -0.4 is 0 Å². The van der Waals surface area contributed by atoms with Crippen LogP contribution >= 0.6 is 11.8 Å². The van der Waals surface area contributed by atoms with Gasteiger partial charge in [0.05, 0.1) is 11.3 Å². The van der Waals surface area contributed by atoms with Gasteiger partial charge >= 0.3 is 0 Å². The maximum Gasteiger partial charge on any atom is 0.236 e. The molecule has 3 rings (SSSR count). The van der Waals surface area contributed by atoms with Gasteiger partial charge in [-0.1, -0.05) is 48.5 Å². The zero-order valence-electron chi connectivity index (χ0n) is 14.3. The summed E-state index contributed by atoms with van der Waals surface area (Å²) in [5.41, 5.74) is 1.22. The van der Waals surface area contributed by atoms with Gasteiger partial charge < -0.3 is 9.80 Å². The number of rotatable bonds is 4. The Kier molecular flexibility index (Phi) is 5.59. The van der Waals surface area contributed by atoms with Crippen molar-refractivity contribution in [2.75, 3.05) is 26.7 Å². The summed E-state index contributed by atoms with van der Waals surface area (Å²) >= 11 is 1.64. The first kappa shape index (κ1) is 17.1. The van der Waals surface area contributed by atoms with E-state index in [1.165, 1.54) is 5.56 Å². The molecular weight excluding hydrogens is 316 g/mol. The number of thioether (sulfide) groups is 1. The van der Waals surface area contributed by atoms with Crippen LogP contribution in [-0.4, -0.2) is 47.6 Å². The van der Waals surface area contributed by atoms with Gasteiger partial charge in [0, 0.05) is 24.5 Å². The van der Waals surface area contributed by atoms with E-state index in [0.717, 1.165) is 24.5 Å². The van der Waals surface area contributed by atoms with E-state index in [1.54, 1.807) is 11.8 Å². The van der Waals surface area contributed by atoms with E-state index < -0.39 is 0 Å². The van der Waals surface area contributed by atoms with E-state index in [4.69, 9.17) is 0 Å². The van der Waals surface area contributed by atoms with Crippen molar-refractivity contribution in [3.63, 3.8) is 0 Å². The number of benzene rings is 2. The van der Waals surface area contributed by atoms with Gasteiger partial charge in [0.2, 0.25) is 5.91 Å². The molecule has 3 nitrogen and oxygen atoms in total. The third-order valence-electron chi connectivity index (χ3n) is 4.45. The highest BCUT2D eigenvalue weighted by Crippen LogP contribution is 2.30. The summed E-state index contributed by atoms with van der Waals surface area (Å²) in [6.45, 7) is 4.62. The van der Waals surface area contributed by atoms with Crippen LogP contribution in [0.3, 0.4) is 0 Å². The number of carbonyl (C=O) groups is 1. The molecule has 1 fully saturated rings.